The molecule has 113 valence electrons. The van der Waals surface area contributed by atoms with Crippen molar-refractivity contribution in [1.29, 1.82) is 5.41 Å². The van der Waals surface area contributed by atoms with Crippen molar-refractivity contribution in [2.24, 2.45) is 4.01 Å². The molecule has 21 heavy (non-hydrogen) atoms. The van der Waals surface area contributed by atoms with Crippen LogP contribution in [0.4, 0.5) is 0 Å². The number of nitrogens with one attached hydrogen (secondary N) is 1. The molecule has 1 radical (unpaired) electrons. The van der Waals surface area contributed by atoms with Gasteiger partial charge in [0.15, 0.2) is 0 Å². The van der Waals surface area contributed by atoms with E-state index in [4.69, 9.17) is 5.41 Å². The SMILES string of the molecule is CN(C1=CC=C([N+](=O)[O-])C(=N)C1=N[Se]=O)C1CCCCC1. The summed E-state index contributed by atoms with van der Waals surface area (Å²) in [4.78, 5) is 12.3. The normalized spacial score (nSPS) is 21.8. The van der Waals surface area contributed by atoms with Gasteiger partial charge in [-0.25, -0.2) is 0 Å². The molecule has 8 heteroatoms. The van der Waals surface area contributed by atoms with Gasteiger partial charge in [0, 0.05) is 0 Å². The molecule has 0 heterocycles. The van der Waals surface area contributed by atoms with Gasteiger partial charge < -0.3 is 0 Å². The van der Waals surface area contributed by atoms with Crippen LogP contribution in [0.25, 0.3) is 0 Å². The van der Waals surface area contributed by atoms with Gasteiger partial charge in [-0.1, -0.05) is 0 Å². The second-order valence-corrected chi connectivity index (χ2v) is 5.85. The Morgan fingerprint density at radius 1 is 1.38 bits per heavy atom. The predicted molar refractivity (Wildman–Crippen MR) is 79.4 cm³/mol. The maximum absolute atomic E-state index is 10.9. The summed E-state index contributed by atoms with van der Waals surface area (Å²) in [7, 11) is 1.91. The first-order valence-corrected chi connectivity index (χ1v) is 8.28. The Balaban J connectivity index is 2.34. The van der Waals surface area contributed by atoms with Gasteiger partial charge in [0.25, 0.3) is 0 Å². The molecule has 0 amide bonds. The standard InChI is InChI=1S/C13H17N4O3Se/c1-16(9-5-3-2-4-6-9)11-8-7-10(17(18)19)12(14)13(11)15-21-20/h7-9,14H,2-6H2,1H3. The molecule has 0 aromatic heterocycles. The summed E-state index contributed by atoms with van der Waals surface area (Å²) in [5, 5.41) is 18.9. The Bertz CT molecular complexity index is 562. The number of allylic oxidation sites excluding steroid dienone is 4. The third kappa shape index (κ3) is 3.33. The summed E-state index contributed by atoms with van der Waals surface area (Å²) in [5.74, 6) is 0. The molecule has 1 saturated carbocycles. The number of hydrogen-bond acceptors (Lipinski definition) is 5. The zero-order valence-electron chi connectivity index (χ0n) is 11.7. The summed E-state index contributed by atoms with van der Waals surface area (Å²) in [6.45, 7) is 0. The second-order valence-electron chi connectivity index (χ2n) is 5.15. The molecule has 0 bridgehead atoms. The fraction of sp³-hybridized carbons (Fsp3) is 0.538. The Morgan fingerprint density at radius 3 is 2.62 bits per heavy atom. The van der Waals surface area contributed by atoms with Crippen LogP contribution in [-0.4, -0.2) is 49.4 Å². The summed E-state index contributed by atoms with van der Waals surface area (Å²) < 4.78 is 14.7. The molecule has 0 aromatic rings. The van der Waals surface area contributed by atoms with E-state index < -0.39 is 20.0 Å². The fourth-order valence-electron chi connectivity index (χ4n) is 2.80. The maximum atomic E-state index is 10.9. The second kappa shape index (κ2) is 6.87. The van der Waals surface area contributed by atoms with Gasteiger partial charge in [-0.3, -0.25) is 0 Å². The van der Waals surface area contributed by atoms with Crippen LogP contribution < -0.4 is 0 Å². The fourth-order valence-corrected chi connectivity index (χ4v) is 3.35. The van der Waals surface area contributed by atoms with E-state index >= 15 is 0 Å². The third-order valence-corrected chi connectivity index (χ3v) is 4.50. The number of nitro groups is 1. The minimum absolute atomic E-state index is 0.160. The van der Waals surface area contributed by atoms with E-state index in [0.717, 1.165) is 25.7 Å². The summed E-state index contributed by atoms with van der Waals surface area (Å²) >= 11 is -1.27. The van der Waals surface area contributed by atoms with E-state index in [1.54, 1.807) is 6.08 Å². The first kappa shape index (κ1) is 15.7. The van der Waals surface area contributed by atoms with Gasteiger partial charge in [-0.2, -0.15) is 0 Å². The zero-order chi connectivity index (χ0) is 15.4. The van der Waals surface area contributed by atoms with Crippen LogP contribution in [0.1, 0.15) is 32.1 Å². The van der Waals surface area contributed by atoms with E-state index in [0.29, 0.717) is 11.7 Å². The Morgan fingerprint density at radius 2 is 2.05 bits per heavy atom. The average molecular weight is 356 g/mol. The van der Waals surface area contributed by atoms with E-state index in [1.165, 1.54) is 12.5 Å². The molecular weight excluding hydrogens is 339 g/mol. The van der Waals surface area contributed by atoms with Crippen molar-refractivity contribution >= 4 is 26.5 Å². The van der Waals surface area contributed by atoms with Crippen LogP contribution in [0.3, 0.4) is 0 Å². The van der Waals surface area contributed by atoms with Gasteiger partial charge >= 0.3 is 128 Å². The van der Waals surface area contributed by atoms with Gasteiger partial charge in [-0.05, 0) is 0 Å². The summed E-state index contributed by atoms with van der Waals surface area (Å²) in [6, 6.07) is 0.340. The molecule has 1 N–H and O–H groups in total. The van der Waals surface area contributed by atoms with Gasteiger partial charge in [0.1, 0.15) is 0 Å². The van der Waals surface area contributed by atoms with Crippen molar-refractivity contribution in [3.05, 3.63) is 33.7 Å². The molecule has 0 aromatic carbocycles. The Kier molecular flexibility index (Phi) is 5.14. The molecule has 2 aliphatic carbocycles. The molecular formula is C13H17N4O3Se. The summed E-state index contributed by atoms with van der Waals surface area (Å²) in [6.07, 6.45) is 8.60. The monoisotopic (exact) mass is 357 g/mol. The van der Waals surface area contributed by atoms with E-state index in [1.807, 2.05) is 11.9 Å². The molecule has 0 saturated heterocycles. The van der Waals surface area contributed by atoms with Crippen LogP contribution in [0.15, 0.2) is 27.6 Å². The van der Waals surface area contributed by atoms with Crippen molar-refractivity contribution in [2.75, 3.05) is 7.05 Å². The van der Waals surface area contributed by atoms with Crippen molar-refractivity contribution in [3.63, 3.8) is 0 Å². The molecule has 2 aliphatic rings. The van der Waals surface area contributed by atoms with Crippen molar-refractivity contribution in [2.45, 2.75) is 38.1 Å². The van der Waals surface area contributed by atoms with Crippen LogP contribution in [-0.2, 0) is 3.83 Å². The molecule has 7 nitrogen and oxygen atoms in total. The minimum atomic E-state index is -1.27. The number of hydrogen-bond donors (Lipinski definition) is 1. The van der Waals surface area contributed by atoms with Crippen LogP contribution in [0.2, 0.25) is 0 Å². The molecule has 0 unspecified atom stereocenters. The molecule has 0 spiro atoms. The van der Waals surface area contributed by atoms with E-state index in [2.05, 4.69) is 4.01 Å². The van der Waals surface area contributed by atoms with Gasteiger partial charge in [-0.15, -0.1) is 0 Å². The molecule has 0 aliphatic heterocycles. The number of nitrogens with zero attached hydrogens (tertiary/aromatic N) is 3. The van der Waals surface area contributed by atoms with Crippen molar-refractivity contribution in [3.8, 4) is 0 Å². The third-order valence-electron chi connectivity index (χ3n) is 3.96. The van der Waals surface area contributed by atoms with Crippen molar-refractivity contribution in [1.82, 2.24) is 4.90 Å². The Labute approximate surface area is 129 Å². The van der Waals surface area contributed by atoms with E-state index in [-0.39, 0.29) is 17.1 Å². The van der Waals surface area contributed by atoms with E-state index in [9.17, 15) is 13.9 Å². The molecule has 1 fully saturated rings. The Hall–Kier alpha value is -1.66. The van der Waals surface area contributed by atoms with Crippen LogP contribution in [0, 0.1) is 15.5 Å². The van der Waals surface area contributed by atoms with Crippen LogP contribution >= 0.6 is 0 Å². The quantitative estimate of drug-likeness (QED) is 0.359. The first-order valence-electron chi connectivity index (χ1n) is 6.82. The first-order chi connectivity index (χ1) is 10.1. The molecule has 0 atom stereocenters. The van der Waals surface area contributed by atoms with Crippen LogP contribution in [0.5, 0.6) is 0 Å². The topological polar surface area (TPSA) is 99.7 Å². The molecule has 2 rings (SSSR count). The summed E-state index contributed by atoms with van der Waals surface area (Å²) in [5.41, 5.74) is 0.235. The van der Waals surface area contributed by atoms with Crippen molar-refractivity contribution < 1.29 is 8.76 Å². The zero-order valence-corrected chi connectivity index (χ0v) is 13.5. The number of rotatable bonds is 4. The predicted octanol–water partition coefficient (Wildman–Crippen LogP) is 1.73. The van der Waals surface area contributed by atoms with Gasteiger partial charge in [0.05, 0.1) is 0 Å². The average Bonchev–Trinajstić information content (AvgIpc) is 2.49. The van der Waals surface area contributed by atoms with Gasteiger partial charge in [0.2, 0.25) is 0 Å².